The number of alkyl halides is 3. The Balaban J connectivity index is 1.71. The number of fused-ring (bicyclic) bond motifs is 1. The van der Waals surface area contributed by atoms with E-state index in [9.17, 15) is 17.6 Å². The van der Waals surface area contributed by atoms with E-state index in [1.165, 1.54) is 0 Å². The highest BCUT2D eigenvalue weighted by molar-refractivity contribution is 5.98. The van der Waals surface area contributed by atoms with E-state index in [0.29, 0.717) is 34.7 Å². The number of nitrogens with two attached hydrogens (primary N) is 1. The third-order valence-corrected chi connectivity index (χ3v) is 4.46. The second kappa shape index (κ2) is 8.96. The van der Waals surface area contributed by atoms with Gasteiger partial charge < -0.3 is 16.4 Å². The number of nitrogens with one attached hydrogen (secondary N) is 3. The van der Waals surface area contributed by atoms with E-state index in [1.807, 2.05) is 13.0 Å². The van der Waals surface area contributed by atoms with Gasteiger partial charge in [0, 0.05) is 11.9 Å². The van der Waals surface area contributed by atoms with Crippen molar-refractivity contribution in [1.82, 2.24) is 20.5 Å². The second-order valence-corrected chi connectivity index (χ2v) is 6.72. The molecule has 0 aliphatic carbocycles. The van der Waals surface area contributed by atoms with Crippen LogP contribution in [-0.2, 0) is 6.18 Å². The number of nitrogen functional groups attached to an aromatic ring is 1. The quantitative estimate of drug-likeness (QED) is 0.292. The molecule has 0 saturated heterocycles. The van der Waals surface area contributed by atoms with E-state index in [4.69, 9.17) is 5.73 Å². The maximum absolute atomic E-state index is 13.9. The molecular weight excluding hydrogens is 424 g/mol. The zero-order valence-electron chi connectivity index (χ0n) is 17.0. The van der Waals surface area contributed by atoms with Gasteiger partial charge in [-0.25, -0.2) is 9.37 Å². The number of allylic oxidation sites excluding steroid dienone is 4. The largest absolute Gasteiger partial charge is 0.416 e. The first-order valence-electron chi connectivity index (χ1n) is 9.32. The average molecular weight is 444 g/mol. The summed E-state index contributed by atoms with van der Waals surface area (Å²) in [4.78, 5) is 4.16. The highest BCUT2D eigenvalue weighted by Gasteiger charge is 2.31. The van der Waals surface area contributed by atoms with Gasteiger partial charge in [0.15, 0.2) is 5.65 Å². The molecule has 6 nitrogen and oxygen atoms in total. The number of hydrogen-bond donors (Lipinski definition) is 4. The molecule has 3 aromatic rings. The monoisotopic (exact) mass is 444 g/mol. The van der Waals surface area contributed by atoms with Crippen LogP contribution in [0.5, 0.6) is 0 Å². The van der Waals surface area contributed by atoms with E-state index in [1.54, 1.807) is 24.4 Å². The molecule has 0 amide bonds. The van der Waals surface area contributed by atoms with Gasteiger partial charge in [-0.15, -0.1) is 0 Å². The number of halogens is 4. The molecule has 0 aliphatic heterocycles. The molecule has 0 aliphatic rings. The van der Waals surface area contributed by atoms with Crippen molar-refractivity contribution in [3.63, 3.8) is 0 Å². The summed E-state index contributed by atoms with van der Waals surface area (Å²) < 4.78 is 52.5. The van der Waals surface area contributed by atoms with Crippen LogP contribution >= 0.6 is 0 Å². The number of anilines is 2. The van der Waals surface area contributed by atoms with Gasteiger partial charge in [0.05, 0.1) is 16.6 Å². The third-order valence-electron chi connectivity index (χ3n) is 4.46. The lowest BCUT2D eigenvalue weighted by molar-refractivity contribution is -0.137. The van der Waals surface area contributed by atoms with Gasteiger partial charge in [0.1, 0.15) is 17.5 Å². The van der Waals surface area contributed by atoms with E-state index in [0.717, 1.165) is 17.2 Å². The minimum Gasteiger partial charge on any atom is -0.383 e. The van der Waals surface area contributed by atoms with Crippen LogP contribution in [0.3, 0.4) is 0 Å². The van der Waals surface area contributed by atoms with Crippen LogP contribution in [-0.4, -0.2) is 15.2 Å². The highest BCUT2D eigenvalue weighted by Crippen LogP contribution is 2.32. The summed E-state index contributed by atoms with van der Waals surface area (Å²) in [6.45, 7) is 9.33. The fourth-order valence-corrected chi connectivity index (χ4v) is 2.97. The number of H-pyrrole nitrogens is 1. The van der Waals surface area contributed by atoms with Gasteiger partial charge in [-0.05, 0) is 48.4 Å². The molecular formula is C22H20F4N6. The first-order valence-corrected chi connectivity index (χ1v) is 9.32. The second-order valence-electron chi connectivity index (χ2n) is 6.72. The van der Waals surface area contributed by atoms with Crippen molar-refractivity contribution >= 4 is 28.1 Å². The van der Waals surface area contributed by atoms with Crippen molar-refractivity contribution in [2.45, 2.75) is 13.1 Å². The number of rotatable bonds is 7. The minimum atomic E-state index is -4.59. The Hall–Kier alpha value is -4.08. The molecule has 10 heteroatoms. The van der Waals surface area contributed by atoms with Crippen molar-refractivity contribution in [1.29, 1.82) is 0 Å². The summed E-state index contributed by atoms with van der Waals surface area (Å²) in [6.07, 6.45) is 2.26. The van der Waals surface area contributed by atoms with Crippen molar-refractivity contribution in [2.24, 2.45) is 0 Å². The Labute approximate surface area is 181 Å². The maximum atomic E-state index is 13.9. The molecule has 32 heavy (non-hydrogen) atoms. The standard InChI is InChI=1S/C22H20F4N6/c1-4-14(16-9-10-28-21-19(16)20(27)31-32-21)6-5-12(2)29-13(3)30-18-11-15(22(24,25)26)7-8-17(18)23/h4-11,29-30H,2-3H2,1H3,(H3,27,28,31,32)/b6-5-,14-4+. The van der Waals surface area contributed by atoms with Crippen molar-refractivity contribution in [3.8, 4) is 0 Å². The number of aromatic amines is 1. The van der Waals surface area contributed by atoms with Gasteiger partial charge in [0.2, 0.25) is 0 Å². The molecule has 0 saturated carbocycles. The Morgan fingerprint density at radius 3 is 2.62 bits per heavy atom. The first-order chi connectivity index (χ1) is 15.1. The Kier molecular flexibility index (Phi) is 6.33. The number of hydrogen-bond acceptors (Lipinski definition) is 5. The topological polar surface area (TPSA) is 91.7 Å². The summed E-state index contributed by atoms with van der Waals surface area (Å²) in [5, 5.41) is 12.7. The predicted octanol–water partition coefficient (Wildman–Crippen LogP) is 5.34. The molecule has 0 atom stereocenters. The molecule has 0 fully saturated rings. The highest BCUT2D eigenvalue weighted by atomic mass is 19.4. The maximum Gasteiger partial charge on any atom is 0.416 e. The fraction of sp³-hybridized carbons (Fsp3) is 0.0909. The molecule has 2 heterocycles. The van der Waals surface area contributed by atoms with E-state index >= 15 is 0 Å². The van der Waals surface area contributed by atoms with Crippen molar-refractivity contribution in [3.05, 3.63) is 90.3 Å². The van der Waals surface area contributed by atoms with Crippen LogP contribution < -0.4 is 16.4 Å². The summed E-state index contributed by atoms with van der Waals surface area (Å²) >= 11 is 0. The predicted molar refractivity (Wildman–Crippen MR) is 118 cm³/mol. The van der Waals surface area contributed by atoms with Gasteiger partial charge >= 0.3 is 6.18 Å². The molecule has 0 unspecified atom stereocenters. The van der Waals surface area contributed by atoms with Gasteiger partial charge in [-0.1, -0.05) is 25.3 Å². The first kappa shape index (κ1) is 22.6. The summed E-state index contributed by atoms with van der Waals surface area (Å²) in [7, 11) is 0. The van der Waals surface area contributed by atoms with Gasteiger partial charge in [-0.2, -0.15) is 18.3 Å². The number of pyridine rings is 1. The summed E-state index contributed by atoms with van der Waals surface area (Å²) in [5.74, 6) is -0.420. The van der Waals surface area contributed by atoms with Crippen molar-refractivity contribution < 1.29 is 17.6 Å². The average Bonchev–Trinajstić information content (AvgIpc) is 3.11. The summed E-state index contributed by atoms with van der Waals surface area (Å²) in [6, 6.07) is 3.87. The van der Waals surface area contributed by atoms with Crippen molar-refractivity contribution in [2.75, 3.05) is 11.1 Å². The lowest BCUT2D eigenvalue weighted by Gasteiger charge is -2.15. The van der Waals surface area contributed by atoms with Gasteiger partial charge in [-0.3, -0.25) is 5.10 Å². The molecule has 3 rings (SSSR count). The molecule has 0 spiro atoms. The van der Waals surface area contributed by atoms with E-state index < -0.39 is 17.6 Å². The lowest BCUT2D eigenvalue weighted by Crippen LogP contribution is -2.17. The van der Waals surface area contributed by atoms with Crippen LogP contribution in [0.25, 0.3) is 16.6 Å². The number of nitrogens with zero attached hydrogens (tertiary/aromatic N) is 2. The SMILES string of the molecule is C=C(/C=C\C(=C/C)c1ccnc2n[nH]c(N)c12)NC(=C)Nc1cc(C(F)(F)F)ccc1F. The molecule has 1 aromatic carbocycles. The van der Waals surface area contributed by atoms with Crippen LogP contribution in [0.1, 0.15) is 18.1 Å². The van der Waals surface area contributed by atoms with Crippen LogP contribution in [0, 0.1) is 5.82 Å². The van der Waals surface area contributed by atoms with Crippen LogP contribution in [0.2, 0.25) is 0 Å². The normalized spacial score (nSPS) is 12.3. The minimum absolute atomic E-state index is 0.0466. The van der Waals surface area contributed by atoms with Crippen LogP contribution in [0.15, 0.2) is 73.4 Å². The fourth-order valence-electron chi connectivity index (χ4n) is 2.97. The zero-order valence-corrected chi connectivity index (χ0v) is 17.0. The molecule has 2 aromatic heterocycles. The smallest absolute Gasteiger partial charge is 0.383 e. The lowest BCUT2D eigenvalue weighted by atomic mass is 10.0. The molecule has 0 radical (unpaired) electrons. The molecule has 5 N–H and O–H groups in total. The van der Waals surface area contributed by atoms with E-state index in [2.05, 4.69) is 39.0 Å². The number of benzene rings is 1. The Morgan fingerprint density at radius 1 is 1.19 bits per heavy atom. The molecule has 166 valence electrons. The third kappa shape index (κ3) is 4.97. The zero-order chi connectivity index (χ0) is 23.5. The summed E-state index contributed by atoms with van der Waals surface area (Å²) in [5.41, 5.74) is 7.05. The molecule has 0 bridgehead atoms. The Morgan fingerprint density at radius 2 is 1.94 bits per heavy atom. The Bertz CT molecular complexity index is 1240. The van der Waals surface area contributed by atoms with Gasteiger partial charge in [0.25, 0.3) is 0 Å². The van der Waals surface area contributed by atoms with E-state index in [-0.39, 0.29) is 11.5 Å². The number of aromatic nitrogens is 3. The van der Waals surface area contributed by atoms with Crippen LogP contribution in [0.4, 0.5) is 29.1 Å².